The molecule has 25 heavy (non-hydrogen) atoms. The molecule has 0 aliphatic rings. The maximum atomic E-state index is 13.0. The number of fused-ring (bicyclic) bond motifs is 1. The Morgan fingerprint density at radius 3 is 2.56 bits per heavy atom. The molecule has 0 amide bonds. The molecule has 4 nitrogen and oxygen atoms in total. The molecule has 0 fully saturated rings. The van der Waals surface area contributed by atoms with Gasteiger partial charge in [0.1, 0.15) is 10.6 Å². The SMILES string of the molecule is Cc1cc2c(NCCCc3ccc(N)cc3)nc(C(F)(F)F)nc2s1. The monoisotopic (exact) mass is 366 g/mol. The van der Waals surface area contributed by atoms with E-state index in [1.165, 1.54) is 11.3 Å². The topological polar surface area (TPSA) is 63.8 Å². The third-order valence-electron chi connectivity index (χ3n) is 3.68. The number of benzene rings is 1. The third-order valence-corrected chi connectivity index (χ3v) is 4.63. The van der Waals surface area contributed by atoms with Crippen LogP contribution in [-0.2, 0) is 12.6 Å². The highest BCUT2D eigenvalue weighted by atomic mass is 32.1. The number of nitrogens with two attached hydrogens (primary N) is 1. The van der Waals surface area contributed by atoms with Crippen LogP contribution < -0.4 is 11.1 Å². The van der Waals surface area contributed by atoms with Gasteiger partial charge in [-0.3, -0.25) is 0 Å². The van der Waals surface area contributed by atoms with Crippen molar-refractivity contribution >= 4 is 33.1 Å². The molecule has 0 saturated carbocycles. The maximum Gasteiger partial charge on any atom is 0.451 e. The first kappa shape index (κ1) is 17.5. The standard InChI is InChI=1S/C17H17F3N4S/c1-10-9-13-14(23-16(17(18,19)20)24-15(13)25-10)22-8-2-3-11-4-6-12(21)7-5-11/h4-7,9H,2-3,8,21H2,1H3,(H,22,23,24). The summed E-state index contributed by atoms with van der Waals surface area (Å²) in [5, 5.41) is 3.65. The minimum absolute atomic E-state index is 0.235. The molecular formula is C17H17F3N4S. The Balaban J connectivity index is 1.72. The van der Waals surface area contributed by atoms with Gasteiger partial charge in [-0.25, -0.2) is 9.97 Å². The summed E-state index contributed by atoms with van der Waals surface area (Å²) >= 11 is 1.23. The van der Waals surface area contributed by atoms with E-state index in [4.69, 9.17) is 5.73 Å². The van der Waals surface area contributed by atoms with Crippen molar-refractivity contribution in [3.63, 3.8) is 0 Å². The number of nitrogen functional groups attached to an aromatic ring is 1. The second-order valence-electron chi connectivity index (χ2n) is 5.74. The second-order valence-corrected chi connectivity index (χ2v) is 6.98. The number of nitrogens with zero attached hydrogens (tertiary/aromatic N) is 2. The number of alkyl halides is 3. The van der Waals surface area contributed by atoms with Crippen LogP contribution >= 0.6 is 11.3 Å². The Morgan fingerprint density at radius 2 is 1.88 bits per heavy atom. The first-order valence-corrected chi connectivity index (χ1v) is 8.58. The molecule has 0 spiro atoms. The van der Waals surface area contributed by atoms with Crippen molar-refractivity contribution in [2.24, 2.45) is 0 Å². The molecular weight excluding hydrogens is 349 g/mol. The normalized spacial score (nSPS) is 11.8. The Kier molecular flexibility index (Phi) is 4.80. The van der Waals surface area contributed by atoms with Gasteiger partial charge in [0.05, 0.1) is 5.39 Å². The van der Waals surface area contributed by atoms with Gasteiger partial charge in [0, 0.05) is 17.1 Å². The lowest BCUT2D eigenvalue weighted by atomic mass is 10.1. The average molecular weight is 366 g/mol. The van der Waals surface area contributed by atoms with Crippen molar-refractivity contribution in [1.82, 2.24) is 9.97 Å². The summed E-state index contributed by atoms with van der Waals surface area (Å²) in [6, 6.07) is 9.37. The molecule has 3 rings (SSSR count). The van der Waals surface area contributed by atoms with E-state index in [-0.39, 0.29) is 5.82 Å². The van der Waals surface area contributed by atoms with Crippen LogP contribution in [0.5, 0.6) is 0 Å². The summed E-state index contributed by atoms with van der Waals surface area (Å²) in [6.45, 7) is 2.35. The van der Waals surface area contributed by atoms with E-state index < -0.39 is 12.0 Å². The Bertz CT molecular complexity index is 872. The zero-order valence-corrected chi connectivity index (χ0v) is 14.3. The van der Waals surface area contributed by atoms with Gasteiger partial charge >= 0.3 is 6.18 Å². The van der Waals surface area contributed by atoms with Crippen LogP contribution in [0.4, 0.5) is 24.7 Å². The lowest BCUT2D eigenvalue weighted by Gasteiger charge is -2.10. The average Bonchev–Trinajstić information content (AvgIpc) is 2.92. The number of thiophene rings is 1. The van der Waals surface area contributed by atoms with Gasteiger partial charge in [-0.05, 0) is 43.5 Å². The minimum Gasteiger partial charge on any atom is -0.399 e. The van der Waals surface area contributed by atoms with Gasteiger partial charge in [-0.15, -0.1) is 11.3 Å². The lowest BCUT2D eigenvalue weighted by molar-refractivity contribution is -0.144. The number of aromatic nitrogens is 2. The second kappa shape index (κ2) is 6.87. The molecule has 0 aliphatic heterocycles. The molecule has 0 saturated heterocycles. The molecule has 2 heterocycles. The van der Waals surface area contributed by atoms with Crippen LogP contribution in [-0.4, -0.2) is 16.5 Å². The molecule has 0 atom stereocenters. The number of rotatable bonds is 5. The molecule has 8 heteroatoms. The third kappa shape index (κ3) is 4.19. The van der Waals surface area contributed by atoms with Gasteiger partial charge in [-0.1, -0.05) is 12.1 Å². The van der Waals surface area contributed by atoms with Gasteiger partial charge < -0.3 is 11.1 Å². The summed E-state index contributed by atoms with van der Waals surface area (Å²) in [4.78, 5) is 8.57. The first-order chi connectivity index (χ1) is 11.8. The van der Waals surface area contributed by atoms with Crippen molar-refractivity contribution in [2.75, 3.05) is 17.6 Å². The maximum absolute atomic E-state index is 13.0. The summed E-state index contributed by atoms with van der Waals surface area (Å²) in [5.74, 6) is -0.873. The van der Waals surface area contributed by atoms with Crippen LogP contribution in [0.25, 0.3) is 10.2 Å². The predicted octanol–water partition coefficient (Wildman–Crippen LogP) is 4.65. The van der Waals surface area contributed by atoms with Crippen LogP contribution in [0.2, 0.25) is 0 Å². The summed E-state index contributed by atoms with van der Waals surface area (Å²) in [5.41, 5.74) is 7.48. The van der Waals surface area contributed by atoms with Crippen molar-refractivity contribution in [3.8, 4) is 0 Å². The Morgan fingerprint density at radius 1 is 1.16 bits per heavy atom. The smallest absolute Gasteiger partial charge is 0.399 e. The lowest BCUT2D eigenvalue weighted by Crippen LogP contribution is -2.13. The number of hydrogen-bond donors (Lipinski definition) is 2. The van der Waals surface area contributed by atoms with Crippen LogP contribution in [0.1, 0.15) is 22.7 Å². The highest BCUT2D eigenvalue weighted by Crippen LogP contribution is 2.33. The van der Waals surface area contributed by atoms with Gasteiger partial charge in [0.25, 0.3) is 0 Å². The van der Waals surface area contributed by atoms with Gasteiger partial charge in [0.15, 0.2) is 0 Å². The number of hydrogen-bond acceptors (Lipinski definition) is 5. The van der Waals surface area contributed by atoms with E-state index in [2.05, 4.69) is 15.3 Å². The van der Waals surface area contributed by atoms with Crippen LogP contribution in [0.15, 0.2) is 30.3 Å². The van der Waals surface area contributed by atoms with Crippen molar-refractivity contribution in [3.05, 3.63) is 46.6 Å². The van der Waals surface area contributed by atoms with Crippen LogP contribution in [0.3, 0.4) is 0 Å². The van der Waals surface area contributed by atoms with Crippen molar-refractivity contribution in [2.45, 2.75) is 25.9 Å². The number of anilines is 2. The zero-order chi connectivity index (χ0) is 18.0. The van der Waals surface area contributed by atoms with Crippen molar-refractivity contribution in [1.29, 1.82) is 0 Å². The van der Waals surface area contributed by atoms with E-state index in [9.17, 15) is 13.2 Å². The highest BCUT2D eigenvalue weighted by Gasteiger charge is 2.35. The zero-order valence-electron chi connectivity index (χ0n) is 13.5. The number of aryl methyl sites for hydroxylation is 2. The molecule has 0 bridgehead atoms. The predicted molar refractivity (Wildman–Crippen MR) is 94.8 cm³/mol. The fourth-order valence-corrected chi connectivity index (χ4v) is 3.37. The fraction of sp³-hybridized carbons (Fsp3) is 0.294. The Labute approximate surface area is 146 Å². The molecule has 3 N–H and O–H groups in total. The van der Waals surface area contributed by atoms with Gasteiger partial charge in [0.2, 0.25) is 5.82 Å². The first-order valence-electron chi connectivity index (χ1n) is 7.76. The van der Waals surface area contributed by atoms with E-state index >= 15 is 0 Å². The van der Waals surface area contributed by atoms with E-state index in [1.807, 2.05) is 37.3 Å². The summed E-state index contributed by atoms with van der Waals surface area (Å²) in [6.07, 6.45) is -3.00. The minimum atomic E-state index is -4.56. The summed E-state index contributed by atoms with van der Waals surface area (Å²) in [7, 11) is 0. The fourth-order valence-electron chi connectivity index (χ4n) is 2.49. The highest BCUT2D eigenvalue weighted by molar-refractivity contribution is 7.18. The van der Waals surface area contributed by atoms with E-state index in [0.29, 0.717) is 22.4 Å². The largest absolute Gasteiger partial charge is 0.451 e. The van der Waals surface area contributed by atoms with Gasteiger partial charge in [-0.2, -0.15) is 13.2 Å². The van der Waals surface area contributed by atoms with Crippen molar-refractivity contribution < 1.29 is 13.2 Å². The molecule has 2 aromatic heterocycles. The molecule has 3 aromatic rings. The Hall–Kier alpha value is -2.35. The molecule has 1 aromatic carbocycles. The molecule has 132 valence electrons. The number of nitrogens with one attached hydrogen (secondary N) is 1. The van der Waals surface area contributed by atoms with Crippen LogP contribution in [0, 0.1) is 6.92 Å². The van der Waals surface area contributed by atoms with E-state index in [1.54, 1.807) is 0 Å². The number of halogens is 3. The summed E-state index contributed by atoms with van der Waals surface area (Å²) < 4.78 is 39.0. The molecule has 0 aliphatic carbocycles. The van der Waals surface area contributed by atoms with E-state index in [0.717, 1.165) is 23.3 Å². The molecule has 0 unspecified atom stereocenters. The quantitative estimate of drug-likeness (QED) is 0.510. The molecule has 0 radical (unpaired) electrons.